The Labute approximate surface area is 350 Å². The quantitative estimate of drug-likeness (QED) is 0.0985. The Bertz CT molecular complexity index is 2180. The number of methoxy groups -OCH3 is 2. The minimum absolute atomic E-state index is 0.0839. The van der Waals surface area contributed by atoms with E-state index in [-0.39, 0.29) is 54.0 Å². The molecule has 2 saturated carbocycles. The number of hydrogen-bond donors (Lipinski definition) is 5. The van der Waals surface area contributed by atoms with Crippen LogP contribution in [0.5, 0.6) is 0 Å². The number of carbonyl (C=O) groups is 5. The Morgan fingerprint density at radius 3 is 1.88 bits per heavy atom. The van der Waals surface area contributed by atoms with E-state index < -0.39 is 30.1 Å². The van der Waals surface area contributed by atoms with Crippen molar-refractivity contribution in [2.75, 3.05) is 27.3 Å². The number of aromatic nitrogens is 4. The highest BCUT2D eigenvalue weighted by atomic mass is 16.5. The Morgan fingerprint density at radius 1 is 0.733 bits per heavy atom. The summed E-state index contributed by atoms with van der Waals surface area (Å²) < 4.78 is 9.40. The molecule has 15 heteroatoms. The maximum absolute atomic E-state index is 13.9. The van der Waals surface area contributed by atoms with Gasteiger partial charge in [-0.2, -0.15) is 0 Å². The van der Waals surface area contributed by atoms with Gasteiger partial charge in [-0.3, -0.25) is 19.2 Å². The lowest BCUT2D eigenvalue weighted by Crippen LogP contribution is -2.53. The first-order chi connectivity index (χ1) is 28.9. The summed E-state index contributed by atoms with van der Waals surface area (Å²) in [5.74, 6) is 0.106. The fraction of sp³-hybridized carbons (Fsp3) is 0.489. The summed E-state index contributed by atoms with van der Waals surface area (Å²) in [5, 5.41) is 8.29. The maximum atomic E-state index is 13.9. The average molecular weight is 821 g/mol. The van der Waals surface area contributed by atoms with Crippen LogP contribution in [0.2, 0.25) is 0 Å². The second-order valence-corrected chi connectivity index (χ2v) is 17.0. The zero-order chi connectivity index (χ0) is 42.7. The van der Waals surface area contributed by atoms with E-state index >= 15 is 0 Å². The molecule has 0 radical (unpaired) electrons. The van der Waals surface area contributed by atoms with Gasteiger partial charge in [0.15, 0.2) is 0 Å². The van der Waals surface area contributed by atoms with Gasteiger partial charge in [-0.1, -0.05) is 76.2 Å². The number of hydrogen-bond acceptors (Lipinski definition) is 9. The number of benzene rings is 2. The van der Waals surface area contributed by atoms with Crippen LogP contribution in [0.3, 0.4) is 0 Å². The molecule has 5 N–H and O–H groups in total. The molecule has 7 atom stereocenters. The monoisotopic (exact) mass is 820 g/mol. The predicted octanol–water partition coefficient (Wildman–Crippen LogP) is 5.74. The molecule has 4 aromatic rings. The summed E-state index contributed by atoms with van der Waals surface area (Å²) in [7, 11) is 2.55. The van der Waals surface area contributed by atoms with Gasteiger partial charge >= 0.3 is 12.1 Å². The molecule has 3 heterocycles. The zero-order valence-corrected chi connectivity index (χ0v) is 35.1. The normalized spacial score (nSPS) is 21.8. The maximum Gasteiger partial charge on any atom is 0.407 e. The summed E-state index contributed by atoms with van der Waals surface area (Å²) >= 11 is 0. The molecule has 7 rings (SSSR count). The van der Waals surface area contributed by atoms with Crippen molar-refractivity contribution in [1.29, 1.82) is 0 Å². The molecule has 2 aromatic carbocycles. The summed E-state index contributed by atoms with van der Waals surface area (Å²) in [6.45, 7) is 7.86. The van der Waals surface area contributed by atoms with Crippen LogP contribution >= 0.6 is 0 Å². The molecule has 3 fully saturated rings. The van der Waals surface area contributed by atoms with Gasteiger partial charge in [0.25, 0.3) is 0 Å². The van der Waals surface area contributed by atoms with E-state index in [2.05, 4.69) is 72.0 Å². The second-order valence-electron chi connectivity index (χ2n) is 17.0. The summed E-state index contributed by atoms with van der Waals surface area (Å²) in [6, 6.07) is 14.8. The molecule has 3 aliphatic rings. The molecule has 1 saturated heterocycles. The Hall–Kier alpha value is -5.99. The van der Waals surface area contributed by atoms with Gasteiger partial charge in [-0.15, -0.1) is 0 Å². The lowest BCUT2D eigenvalue weighted by Gasteiger charge is -2.31. The number of nitrogens with one attached hydrogen (secondary N) is 5. The number of rotatable bonds is 14. The standard InChI is InChI=1S/C45H56N8O7/c1-24(2)38(43(56)48-23-35(54)59-5)51-42(55)37-31-18-17-30(20-31)36(37)41-47-22-33(50-41)29-15-11-27(12-16-29)26-9-13-28(14-10-26)32-21-46-40(49-32)34-8-7-19-53(34)44(57)39(25(3)4)52-45(58)60-6/h9-16,21-22,24-25,30-31,34,36-39H,7-8,17-20,23H2,1-6H3,(H,46,49)(H,47,50)(H,48,56)(H,51,55)(H,52,58)/t30-,31+,34-,36+,37+,38+,39-/m0/s1. The number of aromatic amines is 2. The van der Waals surface area contributed by atoms with Crippen LogP contribution < -0.4 is 16.0 Å². The number of alkyl carbamates (subject to hydrolysis) is 1. The number of H-pyrrole nitrogens is 2. The molecule has 4 amide bonds. The van der Waals surface area contributed by atoms with Crippen molar-refractivity contribution in [3.63, 3.8) is 0 Å². The SMILES string of the molecule is COC(=O)CNC(=O)[C@H](NC(=O)[C@@H]1[C@@H]2CC[C@@H](C2)[C@H]1c1ncc(-c2ccc(-c3ccc(-c4cnc([C@@H]5CCCN5C(=O)[C@@H](NC(=O)OC)C(C)C)[nH]4)cc3)cc2)[nH]1)C(C)C. The van der Waals surface area contributed by atoms with Gasteiger partial charge < -0.3 is 40.3 Å². The molecule has 2 aliphatic carbocycles. The summed E-state index contributed by atoms with van der Waals surface area (Å²) in [4.78, 5) is 82.3. The van der Waals surface area contributed by atoms with E-state index in [1.54, 1.807) is 11.1 Å². The number of amides is 4. The van der Waals surface area contributed by atoms with Crippen molar-refractivity contribution >= 4 is 29.8 Å². The lowest BCUT2D eigenvalue weighted by molar-refractivity contribution is -0.141. The fourth-order valence-corrected chi connectivity index (χ4v) is 9.37. The largest absolute Gasteiger partial charge is 0.468 e. The molecule has 318 valence electrons. The zero-order valence-electron chi connectivity index (χ0n) is 35.1. The number of imidazole rings is 2. The Balaban J connectivity index is 0.998. The third-order valence-corrected chi connectivity index (χ3v) is 12.6. The van der Waals surface area contributed by atoms with Gasteiger partial charge in [0.05, 0.1) is 50.0 Å². The summed E-state index contributed by atoms with van der Waals surface area (Å²) in [6.07, 6.45) is 7.58. The van der Waals surface area contributed by atoms with Crippen LogP contribution in [0.15, 0.2) is 60.9 Å². The number of nitrogens with zero attached hydrogens (tertiary/aromatic N) is 3. The smallest absolute Gasteiger partial charge is 0.407 e. The highest BCUT2D eigenvalue weighted by Gasteiger charge is 2.53. The first-order valence-electron chi connectivity index (χ1n) is 21.0. The number of ether oxygens (including phenoxy) is 2. The molecule has 60 heavy (non-hydrogen) atoms. The van der Waals surface area contributed by atoms with E-state index in [1.165, 1.54) is 14.2 Å². The van der Waals surface area contributed by atoms with Crippen LogP contribution in [0, 0.1) is 29.6 Å². The van der Waals surface area contributed by atoms with Gasteiger partial charge in [0.2, 0.25) is 17.7 Å². The van der Waals surface area contributed by atoms with Crippen molar-refractivity contribution < 1.29 is 33.4 Å². The van der Waals surface area contributed by atoms with Crippen molar-refractivity contribution in [1.82, 2.24) is 40.8 Å². The molecule has 0 unspecified atom stereocenters. The second kappa shape index (κ2) is 18.1. The fourth-order valence-electron chi connectivity index (χ4n) is 9.37. The third kappa shape index (κ3) is 8.80. The molecule has 1 aliphatic heterocycles. The van der Waals surface area contributed by atoms with Crippen LogP contribution in [0.25, 0.3) is 33.6 Å². The Kier molecular flexibility index (Phi) is 12.7. The molecule has 2 aromatic heterocycles. The third-order valence-electron chi connectivity index (χ3n) is 12.6. The first kappa shape index (κ1) is 42.1. The van der Waals surface area contributed by atoms with Gasteiger partial charge in [0.1, 0.15) is 30.3 Å². The highest BCUT2D eigenvalue weighted by Crippen LogP contribution is 2.56. The highest BCUT2D eigenvalue weighted by molar-refractivity contribution is 5.91. The van der Waals surface area contributed by atoms with Crippen molar-refractivity contribution in [3.8, 4) is 33.6 Å². The van der Waals surface area contributed by atoms with Crippen LogP contribution in [-0.4, -0.2) is 94.0 Å². The van der Waals surface area contributed by atoms with E-state index in [0.717, 1.165) is 77.4 Å². The molecule has 15 nitrogen and oxygen atoms in total. The van der Waals surface area contributed by atoms with Crippen LogP contribution in [-0.2, 0) is 28.7 Å². The molecule has 0 spiro atoms. The van der Waals surface area contributed by atoms with Crippen molar-refractivity contribution in [3.05, 3.63) is 72.6 Å². The van der Waals surface area contributed by atoms with E-state index in [1.807, 2.05) is 46.0 Å². The number of carbonyl (C=O) groups excluding carboxylic acids is 5. The van der Waals surface area contributed by atoms with Gasteiger partial charge in [0, 0.05) is 12.5 Å². The van der Waals surface area contributed by atoms with Crippen molar-refractivity contribution in [2.45, 2.75) is 83.8 Å². The van der Waals surface area contributed by atoms with Crippen molar-refractivity contribution in [2.24, 2.45) is 29.6 Å². The van der Waals surface area contributed by atoms with Gasteiger partial charge in [-0.05, 0) is 78.0 Å². The molecular formula is C45H56N8O7. The minimum atomic E-state index is -0.781. The van der Waals surface area contributed by atoms with Gasteiger partial charge in [-0.25, -0.2) is 14.8 Å². The lowest BCUT2D eigenvalue weighted by atomic mass is 9.78. The van der Waals surface area contributed by atoms with E-state index in [9.17, 15) is 24.0 Å². The predicted molar refractivity (Wildman–Crippen MR) is 224 cm³/mol. The number of likely N-dealkylation sites (tertiary alicyclic amines) is 1. The topological polar surface area (TPSA) is 200 Å². The number of esters is 1. The number of fused-ring (bicyclic) bond motifs is 2. The van der Waals surface area contributed by atoms with E-state index in [0.29, 0.717) is 12.5 Å². The van der Waals surface area contributed by atoms with E-state index in [4.69, 9.17) is 9.72 Å². The summed E-state index contributed by atoms with van der Waals surface area (Å²) in [5.41, 5.74) is 5.77. The minimum Gasteiger partial charge on any atom is -0.468 e. The molecular weight excluding hydrogens is 765 g/mol. The first-order valence-corrected chi connectivity index (χ1v) is 21.0. The van der Waals surface area contributed by atoms with Crippen LogP contribution in [0.1, 0.15) is 83.4 Å². The average Bonchev–Trinajstić information content (AvgIpc) is 4.12. The molecule has 2 bridgehead atoms. The van der Waals surface area contributed by atoms with Crippen LogP contribution in [0.4, 0.5) is 4.79 Å². The Morgan fingerprint density at radius 2 is 1.30 bits per heavy atom.